The van der Waals surface area contributed by atoms with Gasteiger partial charge in [0.05, 0.1) is 6.42 Å². The summed E-state index contributed by atoms with van der Waals surface area (Å²) in [5.41, 5.74) is 1.96. The number of rotatable bonds is 23. The molecule has 3 N–H and O–H groups in total. The van der Waals surface area contributed by atoms with E-state index in [2.05, 4.69) is 12.2 Å². The molecule has 1 atom stereocenters. The van der Waals surface area contributed by atoms with Gasteiger partial charge in [0.15, 0.2) is 0 Å². The van der Waals surface area contributed by atoms with Gasteiger partial charge in [0.1, 0.15) is 0 Å². The van der Waals surface area contributed by atoms with E-state index in [1.165, 1.54) is 83.5 Å². The zero-order chi connectivity index (χ0) is 26.4. The van der Waals surface area contributed by atoms with Crippen LogP contribution in [0.3, 0.4) is 0 Å². The average Bonchev–Trinajstić information content (AvgIpc) is 2.85. The molecule has 0 fully saturated rings. The lowest BCUT2D eigenvalue weighted by Crippen LogP contribution is -2.29. The van der Waals surface area contributed by atoms with Gasteiger partial charge in [-0.3, -0.25) is 9.59 Å². The molecule has 0 saturated carbocycles. The molecule has 36 heavy (non-hydrogen) atoms. The molecule has 0 aliphatic heterocycles. The van der Waals surface area contributed by atoms with E-state index in [0.29, 0.717) is 6.42 Å². The van der Waals surface area contributed by atoms with Gasteiger partial charge >= 0.3 is 17.9 Å². The number of hydrogen-bond acceptors (Lipinski definition) is 5. The Morgan fingerprint density at radius 2 is 1.28 bits per heavy atom. The molecule has 0 saturated heterocycles. The molecule has 0 aliphatic rings. The van der Waals surface area contributed by atoms with Crippen LogP contribution < -0.4 is 5.32 Å². The van der Waals surface area contributed by atoms with Gasteiger partial charge in [0.2, 0.25) is 6.10 Å². The van der Waals surface area contributed by atoms with Gasteiger partial charge in [-0.1, -0.05) is 103 Å². The van der Waals surface area contributed by atoms with Crippen molar-refractivity contribution in [2.45, 2.75) is 122 Å². The van der Waals surface area contributed by atoms with Crippen molar-refractivity contribution in [2.24, 2.45) is 0 Å². The molecule has 7 nitrogen and oxygen atoms in total. The smallest absolute Gasteiger partial charge is 0.345 e. The predicted molar refractivity (Wildman–Crippen MR) is 143 cm³/mol. The van der Waals surface area contributed by atoms with Gasteiger partial charge in [-0.15, -0.1) is 0 Å². The molecule has 204 valence electrons. The fourth-order valence-electron chi connectivity index (χ4n) is 4.14. The predicted octanol–water partition coefficient (Wildman–Crippen LogP) is 6.98. The number of nitrogens with one attached hydrogen (secondary N) is 1. The number of hydrogen-bond donors (Lipinski definition) is 3. The Labute approximate surface area is 217 Å². The zero-order valence-electron chi connectivity index (χ0n) is 22.1. The number of anilines is 1. The molecule has 7 heteroatoms. The number of ether oxygens (including phenoxy) is 1. The van der Waals surface area contributed by atoms with Crippen LogP contribution in [0.5, 0.6) is 0 Å². The second-order valence-electron chi connectivity index (χ2n) is 9.63. The van der Waals surface area contributed by atoms with Crippen molar-refractivity contribution >= 4 is 23.6 Å². The highest BCUT2D eigenvalue weighted by Crippen LogP contribution is 2.15. The molecular weight excluding hydrogens is 458 g/mol. The number of aliphatic carboxylic acids is 2. The van der Waals surface area contributed by atoms with E-state index in [9.17, 15) is 14.4 Å². The van der Waals surface area contributed by atoms with Crippen LogP contribution in [0.15, 0.2) is 24.3 Å². The number of carbonyl (C=O) groups is 3. The summed E-state index contributed by atoms with van der Waals surface area (Å²) < 4.78 is 4.77. The minimum absolute atomic E-state index is 0.00474. The number of unbranched alkanes of at least 4 members (excludes halogenated alkanes) is 13. The van der Waals surface area contributed by atoms with Gasteiger partial charge in [-0.2, -0.15) is 0 Å². The fourth-order valence-corrected chi connectivity index (χ4v) is 4.14. The van der Waals surface area contributed by atoms with Crippen LogP contribution in [0.2, 0.25) is 0 Å². The Hall–Kier alpha value is -2.57. The summed E-state index contributed by atoms with van der Waals surface area (Å²) >= 11 is 0. The number of benzene rings is 1. The molecule has 0 heterocycles. The van der Waals surface area contributed by atoms with Gasteiger partial charge in [-0.05, 0) is 30.5 Å². The van der Waals surface area contributed by atoms with E-state index in [1.807, 2.05) is 24.3 Å². The normalized spacial score (nSPS) is 11.7. The number of aryl methyl sites for hydroxylation is 1. The van der Waals surface area contributed by atoms with Crippen LogP contribution in [0.25, 0.3) is 0 Å². The summed E-state index contributed by atoms with van der Waals surface area (Å²) in [5, 5.41) is 21.1. The second kappa shape index (κ2) is 20.6. The van der Waals surface area contributed by atoms with Crippen molar-refractivity contribution in [3.05, 3.63) is 29.8 Å². The van der Waals surface area contributed by atoms with Crippen molar-refractivity contribution in [1.82, 2.24) is 0 Å². The Morgan fingerprint density at radius 3 is 1.75 bits per heavy atom. The van der Waals surface area contributed by atoms with Crippen LogP contribution in [0, 0.1) is 0 Å². The number of carboxylic acids is 2. The molecule has 0 amide bonds. The van der Waals surface area contributed by atoms with Gasteiger partial charge in [0, 0.05) is 18.7 Å². The second-order valence-corrected chi connectivity index (χ2v) is 9.63. The summed E-state index contributed by atoms with van der Waals surface area (Å²) in [6.07, 6.45) is 16.9. The molecule has 0 aromatic heterocycles. The molecule has 0 aliphatic carbocycles. The van der Waals surface area contributed by atoms with Crippen LogP contribution in [-0.2, 0) is 25.5 Å². The highest BCUT2D eigenvalue weighted by molar-refractivity contribution is 5.82. The first-order chi connectivity index (χ1) is 17.4. The molecule has 0 spiro atoms. The number of carbonyl (C=O) groups excluding carboxylic acids is 1. The SMILES string of the molecule is CCCCCCCCCCCCCCCCNc1ccc(CCC(=O)OC(CC(=O)O)C(=O)O)cc1. The highest BCUT2D eigenvalue weighted by atomic mass is 16.6. The maximum absolute atomic E-state index is 11.9. The van der Waals surface area contributed by atoms with E-state index in [1.54, 1.807) is 0 Å². The van der Waals surface area contributed by atoms with Crippen molar-refractivity contribution in [3.63, 3.8) is 0 Å². The van der Waals surface area contributed by atoms with Crippen molar-refractivity contribution in [2.75, 3.05) is 11.9 Å². The Kier molecular flexibility index (Phi) is 18.0. The maximum Gasteiger partial charge on any atom is 0.345 e. The molecule has 1 unspecified atom stereocenters. The largest absolute Gasteiger partial charge is 0.481 e. The summed E-state index contributed by atoms with van der Waals surface area (Å²) in [5.74, 6) is -3.50. The van der Waals surface area contributed by atoms with Crippen LogP contribution in [0.4, 0.5) is 5.69 Å². The molecular formula is C29H47NO6. The first-order valence-corrected chi connectivity index (χ1v) is 13.9. The van der Waals surface area contributed by atoms with Crippen molar-refractivity contribution < 1.29 is 29.3 Å². The average molecular weight is 506 g/mol. The van der Waals surface area contributed by atoms with Gasteiger partial charge < -0.3 is 20.3 Å². The quantitative estimate of drug-likeness (QED) is 0.109. The minimum atomic E-state index is -1.66. The Bertz CT molecular complexity index is 734. The third-order valence-electron chi connectivity index (χ3n) is 6.34. The first-order valence-electron chi connectivity index (χ1n) is 13.9. The Balaban J connectivity index is 2.04. The van der Waals surface area contributed by atoms with E-state index in [0.717, 1.165) is 24.2 Å². The zero-order valence-corrected chi connectivity index (χ0v) is 22.1. The molecule has 1 aromatic carbocycles. The molecule has 1 rings (SSSR count). The maximum atomic E-state index is 11.9. The third-order valence-corrected chi connectivity index (χ3v) is 6.34. The first kappa shape index (κ1) is 31.5. The standard InChI is InChI=1S/C29H47NO6/c1-2-3-4-5-6-7-8-9-10-11-12-13-14-15-22-30-25-19-16-24(17-20-25)18-21-28(33)36-26(29(34)35)23-27(31)32/h16-17,19-20,26,30H,2-15,18,21-23H2,1H3,(H,31,32)(H,34,35). The van der Waals surface area contributed by atoms with Crippen molar-refractivity contribution in [1.29, 1.82) is 0 Å². The topological polar surface area (TPSA) is 113 Å². The molecule has 1 aromatic rings. The van der Waals surface area contributed by atoms with Gasteiger partial charge in [0.25, 0.3) is 0 Å². The van der Waals surface area contributed by atoms with Crippen LogP contribution in [0.1, 0.15) is 115 Å². The number of esters is 1. The Morgan fingerprint density at radius 1 is 0.778 bits per heavy atom. The van der Waals surface area contributed by atoms with E-state index in [4.69, 9.17) is 14.9 Å². The summed E-state index contributed by atoms with van der Waals surface area (Å²) in [6.45, 7) is 3.20. The third kappa shape index (κ3) is 17.0. The lowest BCUT2D eigenvalue weighted by Gasteiger charge is -2.12. The van der Waals surface area contributed by atoms with E-state index in [-0.39, 0.29) is 6.42 Å². The van der Waals surface area contributed by atoms with E-state index < -0.39 is 30.4 Å². The lowest BCUT2D eigenvalue weighted by atomic mass is 10.0. The molecule has 0 radical (unpaired) electrons. The van der Waals surface area contributed by atoms with Crippen LogP contribution >= 0.6 is 0 Å². The monoisotopic (exact) mass is 505 g/mol. The van der Waals surface area contributed by atoms with E-state index >= 15 is 0 Å². The minimum Gasteiger partial charge on any atom is -0.481 e. The van der Waals surface area contributed by atoms with Crippen molar-refractivity contribution in [3.8, 4) is 0 Å². The summed E-state index contributed by atoms with van der Waals surface area (Å²) in [4.78, 5) is 33.5. The fraction of sp³-hybridized carbons (Fsp3) is 0.690. The lowest BCUT2D eigenvalue weighted by molar-refractivity contribution is -0.167. The summed E-state index contributed by atoms with van der Waals surface area (Å²) in [6, 6.07) is 7.78. The van der Waals surface area contributed by atoms with Gasteiger partial charge in [-0.25, -0.2) is 4.79 Å². The summed E-state index contributed by atoms with van der Waals surface area (Å²) in [7, 11) is 0. The van der Waals surface area contributed by atoms with Crippen LogP contribution in [-0.4, -0.2) is 40.8 Å². The number of carboxylic acid groups (broad SMARTS) is 2. The molecule has 0 bridgehead atoms. The highest BCUT2D eigenvalue weighted by Gasteiger charge is 2.25.